The summed E-state index contributed by atoms with van der Waals surface area (Å²) in [6.45, 7) is 1.28. The van der Waals surface area contributed by atoms with Gasteiger partial charge in [-0.25, -0.2) is 4.98 Å². The number of carbonyl (C=O) groups is 2. The number of nitrogens with zero attached hydrogens (tertiary/aromatic N) is 4. The van der Waals surface area contributed by atoms with Crippen LogP contribution >= 0.6 is 11.3 Å². The van der Waals surface area contributed by atoms with Gasteiger partial charge in [0, 0.05) is 31.7 Å². The summed E-state index contributed by atoms with van der Waals surface area (Å²) in [4.78, 5) is 47.8. The number of para-hydroxylation sites is 1. The lowest BCUT2D eigenvalue weighted by molar-refractivity contribution is -0.125. The smallest absolute Gasteiger partial charge is 0.273 e. The van der Waals surface area contributed by atoms with E-state index in [1.165, 1.54) is 22.2 Å². The lowest BCUT2D eigenvalue weighted by atomic mass is 9.96. The van der Waals surface area contributed by atoms with Crippen LogP contribution in [0.1, 0.15) is 12.8 Å². The third-order valence-corrected chi connectivity index (χ3v) is 6.22. The van der Waals surface area contributed by atoms with E-state index in [4.69, 9.17) is 0 Å². The number of nitrogens with one attached hydrogen (secondary N) is 2. The molecule has 2 amide bonds. The van der Waals surface area contributed by atoms with E-state index < -0.39 is 0 Å². The fourth-order valence-corrected chi connectivity index (χ4v) is 4.52. The second kappa shape index (κ2) is 8.62. The zero-order valence-electron chi connectivity index (χ0n) is 16.5. The van der Waals surface area contributed by atoms with Crippen LogP contribution in [-0.2, 0) is 16.1 Å². The summed E-state index contributed by atoms with van der Waals surface area (Å²) in [5, 5.41) is 6.18. The Balaban J connectivity index is 1.48. The molecular weight excluding hydrogens is 404 g/mol. The predicted octanol–water partition coefficient (Wildman–Crippen LogP) is 1.45. The summed E-state index contributed by atoms with van der Waals surface area (Å²) in [6.07, 6.45) is 2.84. The summed E-state index contributed by atoms with van der Waals surface area (Å²) in [5.74, 6) is -0.221. The molecule has 0 saturated carbocycles. The van der Waals surface area contributed by atoms with Gasteiger partial charge in [0.05, 0.1) is 0 Å². The summed E-state index contributed by atoms with van der Waals surface area (Å²) >= 11 is 1.28. The number of hydrogen-bond acceptors (Lipinski definition) is 7. The minimum absolute atomic E-state index is 0.0131. The molecule has 9 nitrogen and oxygen atoms in total. The van der Waals surface area contributed by atoms with Crippen LogP contribution in [0, 0.1) is 5.92 Å². The molecule has 2 aromatic heterocycles. The van der Waals surface area contributed by atoms with Crippen LogP contribution in [0.4, 0.5) is 10.8 Å². The lowest BCUT2D eigenvalue weighted by Crippen LogP contribution is -2.39. The topological polar surface area (TPSA) is 109 Å². The first-order chi connectivity index (χ1) is 14.5. The van der Waals surface area contributed by atoms with Crippen LogP contribution in [0.25, 0.3) is 10.3 Å². The number of aromatic nitrogens is 3. The molecule has 0 radical (unpaired) electrons. The first-order valence-electron chi connectivity index (χ1n) is 9.72. The van der Waals surface area contributed by atoms with Crippen LogP contribution in [0.15, 0.2) is 41.5 Å². The number of carbonyl (C=O) groups excluding carboxylic acids is 2. The van der Waals surface area contributed by atoms with Gasteiger partial charge in [0.25, 0.3) is 5.56 Å². The summed E-state index contributed by atoms with van der Waals surface area (Å²) < 4.78 is 1.72. The molecule has 10 heteroatoms. The quantitative estimate of drug-likeness (QED) is 0.639. The van der Waals surface area contributed by atoms with E-state index >= 15 is 0 Å². The third-order valence-electron chi connectivity index (χ3n) is 5.13. The fourth-order valence-electron chi connectivity index (χ4n) is 3.50. The largest absolute Gasteiger partial charge is 0.359 e. The first-order valence-corrected chi connectivity index (χ1v) is 10.5. The van der Waals surface area contributed by atoms with Gasteiger partial charge in [0.2, 0.25) is 11.8 Å². The summed E-state index contributed by atoms with van der Waals surface area (Å²) in [6, 6.07) is 9.08. The monoisotopic (exact) mass is 426 g/mol. The molecule has 0 bridgehead atoms. The Bertz CT molecular complexity index is 1120. The molecule has 1 aliphatic heterocycles. The lowest BCUT2D eigenvalue weighted by Gasteiger charge is -2.30. The molecule has 3 heterocycles. The van der Waals surface area contributed by atoms with Crippen molar-refractivity contribution in [3.8, 4) is 0 Å². The van der Waals surface area contributed by atoms with Crippen molar-refractivity contribution < 1.29 is 9.59 Å². The van der Waals surface area contributed by atoms with Crippen molar-refractivity contribution in [2.75, 3.05) is 30.4 Å². The highest BCUT2D eigenvalue weighted by atomic mass is 32.1. The van der Waals surface area contributed by atoms with Crippen LogP contribution in [0.2, 0.25) is 0 Å². The number of amides is 2. The van der Waals surface area contributed by atoms with Crippen LogP contribution in [0.5, 0.6) is 0 Å². The van der Waals surface area contributed by atoms with Crippen molar-refractivity contribution in [2.24, 2.45) is 5.92 Å². The minimum atomic E-state index is -0.300. The van der Waals surface area contributed by atoms with Crippen molar-refractivity contribution in [1.82, 2.24) is 19.9 Å². The molecular formula is C20H22N6O3S. The standard InChI is InChI=1S/C20H22N6O3S/c1-21-18(28)13-7-9-25(10-8-13)20-24-17-16(30-20)19(29)26(12-22-17)11-15(27)23-14-5-3-2-4-6-14/h2-6,12-13H,7-11H2,1H3,(H,21,28)(H,23,27). The maximum absolute atomic E-state index is 12.8. The van der Waals surface area contributed by atoms with Gasteiger partial charge in [-0.15, -0.1) is 0 Å². The average molecular weight is 427 g/mol. The molecule has 1 saturated heterocycles. The maximum atomic E-state index is 12.8. The molecule has 0 unspecified atom stereocenters. The van der Waals surface area contributed by atoms with E-state index in [1.807, 2.05) is 18.2 Å². The third kappa shape index (κ3) is 4.18. The van der Waals surface area contributed by atoms with Gasteiger partial charge in [-0.2, -0.15) is 4.98 Å². The van der Waals surface area contributed by atoms with Crippen LogP contribution in [0.3, 0.4) is 0 Å². The summed E-state index contributed by atoms with van der Waals surface area (Å²) in [7, 11) is 1.65. The van der Waals surface area contributed by atoms with E-state index in [0.29, 0.717) is 29.1 Å². The number of thiazole rings is 1. The van der Waals surface area contributed by atoms with E-state index in [0.717, 1.165) is 18.0 Å². The van der Waals surface area contributed by atoms with Crippen molar-refractivity contribution in [3.63, 3.8) is 0 Å². The highest BCUT2D eigenvalue weighted by molar-refractivity contribution is 7.22. The number of benzene rings is 1. The number of hydrogen-bond donors (Lipinski definition) is 2. The van der Waals surface area contributed by atoms with E-state index in [1.54, 1.807) is 19.2 Å². The predicted molar refractivity (Wildman–Crippen MR) is 116 cm³/mol. The molecule has 0 spiro atoms. The Morgan fingerprint density at radius 1 is 1.20 bits per heavy atom. The highest BCUT2D eigenvalue weighted by Crippen LogP contribution is 2.29. The zero-order chi connectivity index (χ0) is 21.1. The Morgan fingerprint density at radius 2 is 1.93 bits per heavy atom. The summed E-state index contributed by atoms with van der Waals surface area (Å²) in [5.41, 5.74) is 0.769. The second-order valence-electron chi connectivity index (χ2n) is 7.12. The number of piperidine rings is 1. The number of rotatable bonds is 5. The van der Waals surface area contributed by atoms with Gasteiger partial charge in [0.15, 0.2) is 10.8 Å². The first kappa shape index (κ1) is 20.0. The molecule has 1 aliphatic rings. The Hall–Kier alpha value is -3.27. The molecule has 156 valence electrons. The van der Waals surface area contributed by atoms with Gasteiger partial charge >= 0.3 is 0 Å². The van der Waals surface area contributed by atoms with Gasteiger partial charge in [-0.1, -0.05) is 29.5 Å². The number of fused-ring (bicyclic) bond motifs is 1. The molecule has 2 N–H and O–H groups in total. The molecule has 30 heavy (non-hydrogen) atoms. The van der Waals surface area contributed by atoms with E-state index in [9.17, 15) is 14.4 Å². The van der Waals surface area contributed by atoms with Gasteiger partial charge in [-0.05, 0) is 25.0 Å². The van der Waals surface area contributed by atoms with Gasteiger partial charge in [0.1, 0.15) is 17.6 Å². The molecule has 0 atom stereocenters. The normalized spacial score (nSPS) is 14.6. The van der Waals surface area contributed by atoms with Crippen LogP contribution < -0.4 is 21.1 Å². The van der Waals surface area contributed by atoms with Gasteiger partial charge < -0.3 is 15.5 Å². The molecule has 1 fully saturated rings. The van der Waals surface area contributed by atoms with Gasteiger partial charge in [-0.3, -0.25) is 19.0 Å². The highest BCUT2D eigenvalue weighted by Gasteiger charge is 2.26. The zero-order valence-corrected chi connectivity index (χ0v) is 17.3. The molecule has 4 rings (SSSR count). The Morgan fingerprint density at radius 3 is 2.63 bits per heavy atom. The molecule has 1 aromatic carbocycles. The van der Waals surface area contributed by atoms with Crippen molar-refractivity contribution in [1.29, 1.82) is 0 Å². The molecule has 0 aliphatic carbocycles. The van der Waals surface area contributed by atoms with Crippen molar-refractivity contribution in [3.05, 3.63) is 47.0 Å². The fraction of sp³-hybridized carbons (Fsp3) is 0.350. The minimum Gasteiger partial charge on any atom is -0.359 e. The van der Waals surface area contributed by atoms with E-state index in [2.05, 4.69) is 25.5 Å². The Kier molecular flexibility index (Phi) is 5.75. The average Bonchev–Trinajstić information content (AvgIpc) is 3.21. The number of anilines is 2. The second-order valence-corrected chi connectivity index (χ2v) is 8.09. The SMILES string of the molecule is CNC(=O)C1CCN(c2nc3ncn(CC(=O)Nc4ccccc4)c(=O)c3s2)CC1. The van der Waals surface area contributed by atoms with E-state index in [-0.39, 0.29) is 29.8 Å². The van der Waals surface area contributed by atoms with Crippen molar-refractivity contribution >= 4 is 44.3 Å². The maximum Gasteiger partial charge on any atom is 0.273 e. The molecule has 3 aromatic rings. The Labute approximate surface area is 176 Å². The van der Waals surface area contributed by atoms with Crippen molar-refractivity contribution in [2.45, 2.75) is 19.4 Å². The van der Waals surface area contributed by atoms with Crippen LogP contribution in [-0.4, -0.2) is 46.5 Å².